The number of carbonyl (C=O) groups excluding carboxylic acids is 1. The molecule has 0 aliphatic carbocycles. The molecule has 0 fully saturated rings. The smallest absolute Gasteiger partial charge is 0.248 e. The third-order valence-corrected chi connectivity index (χ3v) is 4.65. The van der Waals surface area contributed by atoms with Crippen molar-refractivity contribution in [1.82, 2.24) is 0 Å². The summed E-state index contributed by atoms with van der Waals surface area (Å²) in [4.78, 5) is 12.1. The van der Waals surface area contributed by atoms with E-state index in [1.165, 1.54) is 11.8 Å². The minimum Gasteiger partial charge on any atom is -0.497 e. The van der Waals surface area contributed by atoms with Gasteiger partial charge in [-0.3, -0.25) is 10.0 Å². The van der Waals surface area contributed by atoms with Crippen molar-refractivity contribution in [3.05, 3.63) is 53.6 Å². The highest BCUT2D eigenvalue weighted by Crippen LogP contribution is 2.50. The van der Waals surface area contributed by atoms with Gasteiger partial charge in [0.2, 0.25) is 5.91 Å². The van der Waals surface area contributed by atoms with E-state index < -0.39 is 5.91 Å². The molecule has 3 rings (SSSR count). The molecule has 0 aromatic heterocycles. The van der Waals surface area contributed by atoms with Crippen LogP contribution in [0.5, 0.6) is 5.75 Å². The molecule has 1 unspecified atom stereocenters. The lowest BCUT2D eigenvalue weighted by molar-refractivity contribution is 0.1000. The molecule has 0 saturated heterocycles. The van der Waals surface area contributed by atoms with Crippen LogP contribution in [0, 0.1) is 0 Å². The van der Waals surface area contributed by atoms with Gasteiger partial charge < -0.3 is 10.5 Å². The molecule has 3 N–H and O–H groups in total. The average Bonchev–Trinajstić information content (AvgIpc) is 2.84. The normalized spacial score (nSPS) is 16.7. The van der Waals surface area contributed by atoms with Crippen molar-refractivity contribution in [3.8, 4) is 5.75 Å². The number of hydrogen-bond acceptors (Lipinski definition) is 5. The fraction of sp³-hybridized carbons (Fsp3) is 0.133. The number of nitrogens with two attached hydrogens (primary N) is 1. The summed E-state index contributed by atoms with van der Waals surface area (Å²) in [6.07, 6.45) is 0. The summed E-state index contributed by atoms with van der Waals surface area (Å²) in [5.41, 5.74) is 7.19. The van der Waals surface area contributed by atoms with Crippen molar-refractivity contribution in [2.24, 2.45) is 5.73 Å². The predicted molar refractivity (Wildman–Crippen MR) is 80.8 cm³/mol. The monoisotopic (exact) mass is 302 g/mol. The molecule has 5 nitrogen and oxygen atoms in total. The van der Waals surface area contributed by atoms with E-state index in [0.717, 1.165) is 21.3 Å². The number of hydroxylamine groups is 1. The summed E-state index contributed by atoms with van der Waals surface area (Å²) in [7, 11) is 1.61. The maximum atomic E-state index is 11.2. The first-order valence-corrected chi connectivity index (χ1v) is 7.20. The zero-order valence-corrected chi connectivity index (χ0v) is 12.1. The van der Waals surface area contributed by atoms with Crippen LogP contribution in [-0.2, 0) is 0 Å². The van der Waals surface area contributed by atoms with E-state index in [4.69, 9.17) is 10.5 Å². The third-order valence-electron chi connectivity index (χ3n) is 3.35. The van der Waals surface area contributed by atoms with E-state index in [-0.39, 0.29) is 5.37 Å². The lowest BCUT2D eigenvalue weighted by atomic mass is 10.1. The molecule has 0 saturated carbocycles. The standard InChI is InChI=1S/C15H14N2O3S/c1-20-11-5-2-9(3-6-11)15-17(19)12-8-10(14(16)18)4-7-13(12)21-15/h2-8,15,19H,1H3,(H2,16,18). The number of ether oxygens (including phenoxy) is 1. The molecule has 0 radical (unpaired) electrons. The Balaban J connectivity index is 1.92. The first kappa shape index (κ1) is 13.8. The number of anilines is 1. The Bertz CT molecular complexity index is 688. The van der Waals surface area contributed by atoms with Crippen molar-refractivity contribution in [1.29, 1.82) is 0 Å². The van der Waals surface area contributed by atoms with Gasteiger partial charge in [0, 0.05) is 10.5 Å². The number of methoxy groups -OCH3 is 1. The summed E-state index contributed by atoms with van der Waals surface area (Å²) >= 11 is 1.51. The first-order valence-electron chi connectivity index (χ1n) is 6.32. The van der Waals surface area contributed by atoms with Gasteiger partial charge in [-0.25, -0.2) is 5.06 Å². The van der Waals surface area contributed by atoms with E-state index in [1.807, 2.05) is 24.3 Å². The molecule has 2 aromatic carbocycles. The van der Waals surface area contributed by atoms with Gasteiger partial charge in [-0.15, -0.1) is 0 Å². The average molecular weight is 302 g/mol. The molecule has 2 aromatic rings. The van der Waals surface area contributed by atoms with Gasteiger partial charge in [-0.1, -0.05) is 23.9 Å². The SMILES string of the molecule is COc1ccc(C2Sc3ccc(C(N)=O)cc3N2O)cc1. The Morgan fingerprint density at radius 3 is 2.62 bits per heavy atom. The highest BCUT2D eigenvalue weighted by atomic mass is 32.2. The van der Waals surface area contributed by atoms with Crippen molar-refractivity contribution >= 4 is 23.4 Å². The lowest BCUT2D eigenvalue weighted by Crippen LogP contribution is -2.19. The zero-order chi connectivity index (χ0) is 15.0. The lowest BCUT2D eigenvalue weighted by Gasteiger charge is -2.19. The van der Waals surface area contributed by atoms with Gasteiger partial charge in [0.1, 0.15) is 11.1 Å². The summed E-state index contributed by atoms with van der Waals surface area (Å²) in [5, 5.41) is 11.3. The van der Waals surface area contributed by atoms with E-state index in [0.29, 0.717) is 11.3 Å². The molecule has 0 spiro atoms. The van der Waals surface area contributed by atoms with Crippen LogP contribution >= 0.6 is 11.8 Å². The molecule has 108 valence electrons. The number of primary amides is 1. The van der Waals surface area contributed by atoms with Crippen molar-refractivity contribution in [3.63, 3.8) is 0 Å². The van der Waals surface area contributed by atoms with E-state index in [1.54, 1.807) is 25.3 Å². The fourth-order valence-corrected chi connectivity index (χ4v) is 3.39. The Morgan fingerprint density at radius 1 is 1.29 bits per heavy atom. The molecule has 1 aliphatic rings. The van der Waals surface area contributed by atoms with Crippen LogP contribution in [0.4, 0.5) is 5.69 Å². The number of fused-ring (bicyclic) bond motifs is 1. The van der Waals surface area contributed by atoms with Gasteiger partial charge in [0.15, 0.2) is 0 Å². The number of nitrogens with zero attached hydrogens (tertiary/aromatic N) is 1. The van der Waals surface area contributed by atoms with Crippen LogP contribution < -0.4 is 15.5 Å². The molecule has 0 bridgehead atoms. The van der Waals surface area contributed by atoms with E-state index >= 15 is 0 Å². The van der Waals surface area contributed by atoms with Gasteiger partial charge in [0.05, 0.1) is 12.8 Å². The number of carbonyl (C=O) groups is 1. The van der Waals surface area contributed by atoms with Crippen LogP contribution in [-0.4, -0.2) is 18.2 Å². The summed E-state index contributed by atoms with van der Waals surface area (Å²) in [6.45, 7) is 0. The largest absolute Gasteiger partial charge is 0.497 e. The number of benzene rings is 2. The number of hydrogen-bond donors (Lipinski definition) is 2. The second-order valence-corrected chi connectivity index (χ2v) is 5.76. The fourth-order valence-electron chi connectivity index (χ4n) is 2.22. The van der Waals surface area contributed by atoms with E-state index in [9.17, 15) is 10.0 Å². The quantitative estimate of drug-likeness (QED) is 0.912. The molecular weight excluding hydrogens is 288 g/mol. The van der Waals surface area contributed by atoms with Crippen LogP contribution in [0.3, 0.4) is 0 Å². The molecular formula is C15H14N2O3S. The highest BCUT2D eigenvalue weighted by Gasteiger charge is 2.31. The van der Waals surface area contributed by atoms with Crippen molar-refractivity contribution in [2.75, 3.05) is 12.2 Å². The second-order valence-electron chi connectivity index (χ2n) is 4.63. The van der Waals surface area contributed by atoms with E-state index in [2.05, 4.69) is 0 Å². The molecule has 21 heavy (non-hydrogen) atoms. The number of rotatable bonds is 3. The van der Waals surface area contributed by atoms with Crippen molar-refractivity contribution in [2.45, 2.75) is 10.3 Å². The van der Waals surface area contributed by atoms with Gasteiger partial charge in [0.25, 0.3) is 0 Å². The van der Waals surface area contributed by atoms with Crippen LogP contribution in [0.15, 0.2) is 47.4 Å². The topological polar surface area (TPSA) is 75.8 Å². The molecule has 1 amide bonds. The second kappa shape index (κ2) is 5.31. The third kappa shape index (κ3) is 2.43. The molecule has 6 heteroatoms. The summed E-state index contributed by atoms with van der Waals surface area (Å²) in [5.74, 6) is 0.254. The highest BCUT2D eigenvalue weighted by molar-refractivity contribution is 8.00. The van der Waals surface area contributed by atoms with Gasteiger partial charge >= 0.3 is 0 Å². The minimum atomic E-state index is -0.510. The number of thioether (sulfide) groups is 1. The van der Waals surface area contributed by atoms with Crippen molar-refractivity contribution < 1.29 is 14.7 Å². The zero-order valence-electron chi connectivity index (χ0n) is 11.3. The van der Waals surface area contributed by atoms with Crippen LogP contribution in [0.25, 0.3) is 0 Å². The Kier molecular flexibility index (Phi) is 3.48. The molecule has 1 heterocycles. The Hall–Kier alpha value is -2.18. The van der Waals surface area contributed by atoms with Crippen LogP contribution in [0.2, 0.25) is 0 Å². The summed E-state index contributed by atoms with van der Waals surface area (Å²) in [6, 6.07) is 12.6. The minimum absolute atomic E-state index is 0.256. The van der Waals surface area contributed by atoms with Gasteiger partial charge in [-0.05, 0) is 35.9 Å². The first-order chi connectivity index (χ1) is 10.1. The summed E-state index contributed by atoms with van der Waals surface area (Å²) < 4.78 is 5.13. The van der Waals surface area contributed by atoms with Gasteiger partial charge in [-0.2, -0.15) is 0 Å². The number of amides is 1. The maximum absolute atomic E-state index is 11.2. The maximum Gasteiger partial charge on any atom is 0.248 e. The molecule has 1 atom stereocenters. The Labute approximate surface area is 126 Å². The molecule has 1 aliphatic heterocycles. The Morgan fingerprint density at radius 2 is 2.00 bits per heavy atom. The van der Waals surface area contributed by atoms with Crippen LogP contribution in [0.1, 0.15) is 21.3 Å². The predicted octanol–water partition coefficient (Wildman–Crippen LogP) is 2.79.